The average molecular weight is 527 g/mol. The molecule has 0 saturated carbocycles. The fourth-order valence-electron chi connectivity index (χ4n) is 6.57. The summed E-state index contributed by atoms with van der Waals surface area (Å²) in [5, 5.41) is 7.14. The molecule has 0 N–H and O–H groups in total. The van der Waals surface area contributed by atoms with Gasteiger partial charge in [-0.2, -0.15) is 0 Å². The molecule has 3 heterocycles. The fourth-order valence-corrected chi connectivity index (χ4v) is 6.57. The Morgan fingerprint density at radius 3 is 1.63 bits per heavy atom. The van der Waals surface area contributed by atoms with Crippen LogP contribution in [0.4, 0.5) is 0 Å². The lowest BCUT2D eigenvalue weighted by molar-refractivity contribution is 0.569. The van der Waals surface area contributed by atoms with Crippen molar-refractivity contribution in [2.24, 2.45) is 0 Å². The van der Waals surface area contributed by atoms with Crippen molar-refractivity contribution in [1.82, 2.24) is 9.13 Å². The second kappa shape index (κ2) is 8.20. The lowest BCUT2D eigenvalue weighted by Gasteiger charge is -2.10. The van der Waals surface area contributed by atoms with Gasteiger partial charge in [0.15, 0.2) is 0 Å². The number of aromatic nitrogens is 2. The predicted molar refractivity (Wildman–Crippen MR) is 169 cm³/mol. The van der Waals surface area contributed by atoms with Crippen molar-refractivity contribution in [3.63, 3.8) is 0 Å². The van der Waals surface area contributed by atoms with Crippen molar-refractivity contribution in [2.75, 3.05) is 0 Å². The Kier molecular flexibility index (Phi) is 4.44. The summed E-state index contributed by atoms with van der Waals surface area (Å²) in [4.78, 5) is 13.1. The van der Waals surface area contributed by atoms with E-state index in [-0.39, 0.29) is 5.63 Å². The molecule has 0 atom stereocenters. The number of nitrogens with zero attached hydrogens (tertiary/aromatic N) is 2. The minimum atomic E-state index is -0.324. The van der Waals surface area contributed by atoms with Crippen LogP contribution >= 0.6 is 0 Å². The van der Waals surface area contributed by atoms with Gasteiger partial charge in [0.05, 0.1) is 27.5 Å². The average Bonchev–Trinajstić information content (AvgIpc) is 3.52. The Balaban J connectivity index is 1.41. The Bertz CT molecular complexity index is 2550. The third-order valence-electron chi connectivity index (χ3n) is 8.34. The monoisotopic (exact) mass is 526 g/mol. The molecule has 0 unspecified atom stereocenters. The van der Waals surface area contributed by atoms with E-state index in [1.807, 2.05) is 36.4 Å². The van der Waals surface area contributed by atoms with Crippen LogP contribution in [0.3, 0.4) is 0 Å². The quantitative estimate of drug-likeness (QED) is 0.166. The Morgan fingerprint density at radius 1 is 0.390 bits per heavy atom. The SMILES string of the molecule is O=c1oc2ccccc2c2ccc(-n3c4ccccc4c4cc5c(cc43)c3ccccc3n5-c3ccccc3)cc12. The molecule has 0 radical (unpaired) electrons. The van der Waals surface area contributed by atoms with Gasteiger partial charge in [-0.25, -0.2) is 4.79 Å². The third kappa shape index (κ3) is 3.07. The highest BCUT2D eigenvalue weighted by atomic mass is 16.4. The van der Waals surface area contributed by atoms with E-state index in [2.05, 4.69) is 106 Å². The lowest BCUT2D eigenvalue weighted by Crippen LogP contribution is -2.02. The van der Waals surface area contributed by atoms with E-state index in [1.165, 1.54) is 32.6 Å². The third-order valence-corrected chi connectivity index (χ3v) is 8.34. The van der Waals surface area contributed by atoms with Crippen molar-refractivity contribution in [2.45, 2.75) is 0 Å². The summed E-state index contributed by atoms with van der Waals surface area (Å²) in [6.07, 6.45) is 0. The van der Waals surface area contributed by atoms with Crippen LogP contribution < -0.4 is 5.63 Å². The van der Waals surface area contributed by atoms with Crippen LogP contribution in [0.5, 0.6) is 0 Å². The summed E-state index contributed by atoms with van der Waals surface area (Å²) in [5.41, 5.74) is 6.87. The molecule has 0 bridgehead atoms. The molecular formula is C37H22N2O2. The van der Waals surface area contributed by atoms with Gasteiger partial charge in [0, 0.05) is 43.7 Å². The zero-order valence-electron chi connectivity index (χ0n) is 21.9. The molecule has 0 amide bonds. The van der Waals surface area contributed by atoms with Gasteiger partial charge in [0.1, 0.15) is 5.58 Å². The van der Waals surface area contributed by atoms with Crippen LogP contribution in [0.1, 0.15) is 0 Å². The van der Waals surface area contributed by atoms with E-state index >= 15 is 0 Å². The van der Waals surface area contributed by atoms with Crippen molar-refractivity contribution in [3.8, 4) is 11.4 Å². The lowest BCUT2D eigenvalue weighted by atomic mass is 10.1. The number of hydrogen-bond donors (Lipinski definition) is 0. The van der Waals surface area contributed by atoms with Gasteiger partial charge in [0.25, 0.3) is 0 Å². The van der Waals surface area contributed by atoms with Crippen LogP contribution in [-0.2, 0) is 0 Å². The number of rotatable bonds is 2. The molecule has 6 aromatic carbocycles. The molecule has 3 aromatic heterocycles. The first-order chi connectivity index (χ1) is 20.3. The Morgan fingerprint density at radius 2 is 0.951 bits per heavy atom. The highest BCUT2D eigenvalue weighted by Gasteiger charge is 2.19. The molecule has 9 aromatic rings. The molecule has 9 rings (SSSR count). The highest BCUT2D eigenvalue weighted by Crippen LogP contribution is 2.39. The van der Waals surface area contributed by atoms with Gasteiger partial charge in [-0.15, -0.1) is 0 Å². The first kappa shape index (κ1) is 22.2. The minimum Gasteiger partial charge on any atom is -0.422 e. The maximum atomic E-state index is 13.1. The Hall–Kier alpha value is -5.61. The smallest absolute Gasteiger partial charge is 0.344 e. The molecule has 4 nitrogen and oxygen atoms in total. The van der Waals surface area contributed by atoms with E-state index < -0.39 is 0 Å². The zero-order chi connectivity index (χ0) is 27.1. The first-order valence-corrected chi connectivity index (χ1v) is 13.7. The van der Waals surface area contributed by atoms with Crippen LogP contribution in [0.2, 0.25) is 0 Å². The summed E-state index contributed by atoms with van der Waals surface area (Å²) in [6, 6.07) is 46.0. The van der Waals surface area contributed by atoms with E-state index in [0.717, 1.165) is 33.2 Å². The maximum Gasteiger partial charge on any atom is 0.344 e. The number of para-hydroxylation sites is 4. The number of hydrogen-bond acceptors (Lipinski definition) is 2. The molecule has 0 saturated heterocycles. The molecule has 41 heavy (non-hydrogen) atoms. The molecule has 4 heteroatoms. The van der Waals surface area contributed by atoms with E-state index in [4.69, 9.17) is 4.42 Å². The molecule has 0 aliphatic carbocycles. The molecule has 192 valence electrons. The molecule has 0 aliphatic rings. The minimum absolute atomic E-state index is 0.324. The largest absolute Gasteiger partial charge is 0.422 e. The summed E-state index contributed by atoms with van der Waals surface area (Å²) in [6.45, 7) is 0. The van der Waals surface area contributed by atoms with Gasteiger partial charge in [-0.1, -0.05) is 78.9 Å². The second-order valence-electron chi connectivity index (χ2n) is 10.5. The van der Waals surface area contributed by atoms with Crippen LogP contribution in [0.25, 0.3) is 76.7 Å². The summed E-state index contributed by atoms with van der Waals surface area (Å²) in [7, 11) is 0. The highest BCUT2D eigenvalue weighted by molar-refractivity contribution is 6.19. The van der Waals surface area contributed by atoms with Crippen LogP contribution in [0.15, 0.2) is 143 Å². The second-order valence-corrected chi connectivity index (χ2v) is 10.5. The number of benzene rings is 6. The maximum absolute atomic E-state index is 13.1. The summed E-state index contributed by atoms with van der Waals surface area (Å²) < 4.78 is 10.3. The molecule has 0 aliphatic heterocycles. The van der Waals surface area contributed by atoms with E-state index in [9.17, 15) is 4.79 Å². The standard InChI is InChI=1S/C37H22N2O2/c40-37-31-20-24(18-19-25(31)28-14-6-9-17-36(28)41-37)39-33-16-8-5-13-27(33)30-21-34-29(22-35(30)39)26-12-4-7-15-32(26)38(34)23-10-2-1-3-11-23/h1-22H. The predicted octanol–water partition coefficient (Wildman–Crippen LogP) is 9.14. The first-order valence-electron chi connectivity index (χ1n) is 13.7. The zero-order valence-corrected chi connectivity index (χ0v) is 21.9. The van der Waals surface area contributed by atoms with Gasteiger partial charge in [-0.05, 0) is 54.6 Å². The summed E-state index contributed by atoms with van der Waals surface area (Å²) in [5.74, 6) is 0. The molecule has 0 fully saturated rings. The van der Waals surface area contributed by atoms with Crippen molar-refractivity contribution in [1.29, 1.82) is 0 Å². The van der Waals surface area contributed by atoms with E-state index in [0.29, 0.717) is 11.0 Å². The summed E-state index contributed by atoms with van der Waals surface area (Å²) >= 11 is 0. The van der Waals surface area contributed by atoms with Gasteiger partial charge in [-0.3, -0.25) is 0 Å². The van der Waals surface area contributed by atoms with Crippen molar-refractivity contribution < 1.29 is 4.42 Å². The van der Waals surface area contributed by atoms with Gasteiger partial charge < -0.3 is 13.6 Å². The number of fused-ring (bicyclic) bond motifs is 9. The van der Waals surface area contributed by atoms with Crippen molar-refractivity contribution in [3.05, 3.63) is 144 Å². The Labute approximate surface area is 233 Å². The topological polar surface area (TPSA) is 40.1 Å². The van der Waals surface area contributed by atoms with Crippen LogP contribution in [0, 0.1) is 0 Å². The van der Waals surface area contributed by atoms with Gasteiger partial charge in [0.2, 0.25) is 0 Å². The fraction of sp³-hybridized carbons (Fsp3) is 0. The van der Waals surface area contributed by atoms with E-state index in [1.54, 1.807) is 0 Å². The van der Waals surface area contributed by atoms with Crippen molar-refractivity contribution >= 4 is 65.4 Å². The molecule has 0 spiro atoms. The molecular weight excluding hydrogens is 504 g/mol. The van der Waals surface area contributed by atoms with Gasteiger partial charge >= 0.3 is 5.63 Å². The normalized spacial score (nSPS) is 12.0. The van der Waals surface area contributed by atoms with Crippen LogP contribution in [-0.4, -0.2) is 9.13 Å².